The van der Waals surface area contributed by atoms with E-state index < -0.39 is 31.2 Å². The molecular weight excluding hydrogens is 552 g/mol. The number of sulfone groups is 1. The summed E-state index contributed by atoms with van der Waals surface area (Å²) < 4.78 is 73.2. The molecule has 2 atom stereocenters. The van der Waals surface area contributed by atoms with Crippen LogP contribution in [0, 0.1) is 0 Å². The van der Waals surface area contributed by atoms with Crippen molar-refractivity contribution in [2.24, 2.45) is 0 Å². The van der Waals surface area contributed by atoms with Crippen LogP contribution in [0.1, 0.15) is 18.4 Å². The lowest BCUT2D eigenvalue weighted by molar-refractivity contribution is 0.0444. The Morgan fingerprint density at radius 3 is 2.37 bits per heavy atom. The van der Waals surface area contributed by atoms with E-state index in [2.05, 4.69) is 9.62 Å². The summed E-state index contributed by atoms with van der Waals surface area (Å²) in [5.41, 5.74) is 1.09. The molecule has 206 valence electrons. The molecule has 1 aliphatic heterocycles. The van der Waals surface area contributed by atoms with Crippen LogP contribution in [0.2, 0.25) is 5.02 Å². The number of benzene rings is 2. The number of hydrogen-bond donors (Lipinski definition) is 1. The molecule has 0 radical (unpaired) electrons. The minimum Gasteiger partial charge on any atom is -0.497 e. The number of rotatable bonds is 9. The molecule has 2 aliphatic rings. The Morgan fingerprint density at radius 1 is 1.08 bits per heavy atom. The van der Waals surface area contributed by atoms with Gasteiger partial charge in [-0.2, -0.15) is 0 Å². The predicted molar refractivity (Wildman–Crippen MR) is 148 cm³/mol. The van der Waals surface area contributed by atoms with Gasteiger partial charge in [-0.25, -0.2) is 16.8 Å². The van der Waals surface area contributed by atoms with Crippen LogP contribution in [-0.2, 0) is 29.3 Å². The third-order valence-corrected chi connectivity index (χ3v) is 10.3. The summed E-state index contributed by atoms with van der Waals surface area (Å²) in [5.74, 6) is 0.348. The molecule has 0 saturated carbocycles. The molecule has 0 spiro atoms. The van der Waals surface area contributed by atoms with Crippen molar-refractivity contribution in [1.82, 2.24) is 4.90 Å². The average molecular weight is 583 g/mol. The number of ether oxygens (including phenoxy) is 3. The standard InChI is InChI=1S/C26H31ClN2O7S2/c1-29-13-12-20(17-29)36-23-14-19(10-11-22(23)27)28-38(32,33)24-16-26(35-3,37(4,30)31)25(34-2)15-21(24)18-8-6-5-7-9-18/h5-11,14-15,20,28H,12-13,16-17H2,1-4H3/t20-,26?/m1/s1. The van der Waals surface area contributed by atoms with Crippen molar-refractivity contribution >= 4 is 42.7 Å². The van der Waals surface area contributed by atoms with Crippen molar-refractivity contribution in [2.75, 3.05) is 45.3 Å². The maximum absolute atomic E-state index is 13.9. The molecule has 1 heterocycles. The third kappa shape index (κ3) is 5.57. The van der Waals surface area contributed by atoms with E-state index in [1.54, 1.807) is 36.4 Å². The van der Waals surface area contributed by atoms with E-state index in [0.717, 1.165) is 25.8 Å². The van der Waals surface area contributed by atoms with Crippen LogP contribution < -0.4 is 9.46 Å². The van der Waals surface area contributed by atoms with Gasteiger partial charge in [0.25, 0.3) is 10.0 Å². The summed E-state index contributed by atoms with van der Waals surface area (Å²) in [6.07, 6.45) is 2.66. The van der Waals surface area contributed by atoms with Crippen LogP contribution in [-0.4, -0.2) is 73.4 Å². The second-order valence-corrected chi connectivity index (χ2v) is 13.7. The molecule has 12 heteroatoms. The van der Waals surface area contributed by atoms with Gasteiger partial charge < -0.3 is 19.1 Å². The lowest BCUT2D eigenvalue weighted by atomic mass is 9.96. The zero-order chi connectivity index (χ0) is 27.7. The Kier molecular flexibility index (Phi) is 8.15. The maximum Gasteiger partial charge on any atom is 0.258 e. The van der Waals surface area contributed by atoms with Crippen LogP contribution in [0.4, 0.5) is 5.69 Å². The second-order valence-electron chi connectivity index (χ2n) is 9.36. The summed E-state index contributed by atoms with van der Waals surface area (Å²) in [4.78, 5) is -0.0452. The number of nitrogens with one attached hydrogen (secondary N) is 1. The van der Waals surface area contributed by atoms with Gasteiger partial charge >= 0.3 is 0 Å². The zero-order valence-corrected chi connectivity index (χ0v) is 24.0. The third-order valence-electron chi connectivity index (χ3n) is 6.73. The van der Waals surface area contributed by atoms with Gasteiger partial charge in [-0.15, -0.1) is 0 Å². The van der Waals surface area contributed by atoms with E-state index in [1.807, 2.05) is 7.05 Å². The number of allylic oxidation sites excluding steroid dienone is 2. The average Bonchev–Trinajstić information content (AvgIpc) is 3.29. The summed E-state index contributed by atoms with van der Waals surface area (Å²) in [6, 6.07) is 13.4. The SMILES string of the molecule is COC1=CC(c2ccccc2)=C(S(=O)(=O)Nc2ccc(Cl)c(O[C@@H]3CCN(C)C3)c2)CC1(OC)S(C)(=O)=O. The largest absolute Gasteiger partial charge is 0.497 e. The van der Waals surface area contributed by atoms with Gasteiger partial charge in [-0.05, 0) is 37.2 Å². The highest BCUT2D eigenvalue weighted by atomic mass is 35.5. The molecule has 0 amide bonds. The molecule has 1 aliphatic carbocycles. The molecule has 1 saturated heterocycles. The second kappa shape index (κ2) is 10.9. The first kappa shape index (κ1) is 28.4. The molecule has 2 aromatic rings. The van der Waals surface area contributed by atoms with Crippen molar-refractivity contribution < 1.29 is 31.0 Å². The summed E-state index contributed by atoms with van der Waals surface area (Å²) in [7, 11) is -3.75. The van der Waals surface area contributed by atoms with Crippen molar-refractivity contribution in [3.63, 3.8) is 0 Å². The fourth-order valence-corrected chi connectivity index (χ4v) is 7.60. The van der Waals surface area contributed by atoms with Crippen LogP contribution in [0.15, 0.2) is 65.3 Å². The predicted octanol–water partition coefficient (Wildman–Crippen LogP) is 3.90. The number of anilines is 1. The van der Waals surface area contributed by atoms with Crippen molar-refractivity contribution in [1.29, 1.82) is 0 Å². The molecule has 9 nitrogen and oxygen atoms in total. The van der Waals surface area contributed by atoms with E-state index in [9.17, 15) is 16.8 Å². The van der Waals surface area contributed by atoms with Gasteiger partial charge in [0.1, 0.15) is 17.6 Å². The monoisotopic (exact) mass is 582 g/mol. The number of hydrogen-bond acceptors (Lipinski definition) is 8. The lowest BCUT2D eigenvalue weighted by Gasteiger charge is -2.36. The quantitative estimate of drug-likeness (QED) is 0.474. The molecule has 38 heavy (non-hydrogen) atoms. The number of methoxy groups -OCH3 is 2. The summed E-state index contributed by atoms with van der Waals surface area (Å²) >= 11 is 6.34. The normalized spacial score (nSPS) is 22.8. The zero-order valence-electron chi connectivity index (χ0n) is 21.6. The first-order valence-electron chi connectivity index (χ1n) is 11.9. The first-order chi connectivity index (χ1) is 17.9. The molecule has 1 N–H and O–H groups in total. The molecule has 0 bridgehead atoms. The summed E-state index contributed by atoms with van der Waals surface area (Å²) in [5, 5.41) is 0.354. The van der Waals surface area contributed by atoms with Gasteiger partial charge in [0.05, 0.1) is 22.7 Å². The van der Waals surface area contributed by atoms with E-state index in [-0.39, 0.29) is 22.5 Å². The highest BCUT2D eigenvalue weighted by Crippen LogP contribution is 2.44. The Labute approximate surface area is 229 Å². The van der Waals surface area contributed by atoms with Gasteiger partial charge in [-0.1, -0.05) is 41.9 Å². The molecule has 2 aromatic carbocycles. The number of likely N-dealkylation sites (tertiary alicyclic amines) is 1. The molecular formula is C26H31ClN2O7S2. The molecule has 0 aromatic heterocycles. The van der Waals surface area contributed by atoms with E-state index in [0.29, 0.717) is 21.9 Å². The number of halogens is 1. The van der Waals surface area contributed by atoms with Crippen LogP contribution in [0.25, 0.3) is 5.57 Å². The van der Waals surface area contributed by atoms with Crippen molar-refractivity contribution in [3.05, 3.63) is 75.9 Å². The number of likely N-dealkylation sites (N-methyl/N-ethyl adjacent to an activating group) is 1. The molecule has 4 rings (SSSR count). The topological polar surface area (TPSA) is 111 Å². The Hall–Kier alpha value is -2.57. The Morgan fingerprint density at radius 2 is 1.79 bits per heavy atom. The van der Waals surface area contributed by atoms with Gasteiger partial charge in [-0.3, -0.25) is 4.72 Å². The van der Waals surface area contributed by atoms with Crippen LogP contribution >= 0.6 is 11.6 Å². The molecule has 1 unspecified atom stereocenters. The lowest BCUT2D eigenvalue weighted by Crippen LogP contribution is -2.45. The van der Waals surface area contributed by atoms with E-state index in [1.165, 1.54) is 32.4 Å². The Balaban J connectivity index is 1.78. The fourth-order valence-electron chi connectivity index (χ4n) is 4.71. The number of nitrogens with zero attached hydrogens (tertiary/aromatic N) is 1. The highest BCUT2D eigenvalue weighted by Gasteiger charge is 2.51. The Bertz CT molecular complexity index is 1470. The van der Waals surface area contributed by atoms with Crippen LogP contribution in [0.3, 0.4) is 0 Å². The smallest absolute Gasteiger partial charge is 0.258 e. The van der Waals surface area contributed by atoms with Crippen molar-refractivity contribution in [2.45, 2.75) is 23.9 Å². The molecule has 1 fully saturated rings. The number of sulfonamides is 1. The van der Waals surface area contributed by atoms with Gasteiger partial charge in [0.15, 0.2) is 9.84 Å². The highest BCUT2D eigenvalue weighted by molar-refractivity contribution is 7.97. The first-order valence-corrected chi connectivity index (χ1v) is 15.6. The van der Waals surface area contributed by atoms with Gasteiger partial charge in [0, 0.05) is 44.5 Å². The minimum atomic E-state index is -4.29. The van der Waals surface area contributed by atoms with Crippen LogP contribution in [0.5, 0.6) is 5.75 Å². The maximum atomic E-state index is 13.9. The van der Waals surface area contributed by atoms with E-state index >= 15 is 0 Å². The minimum absolute atomic E-state index is 0.0102. The van der Waals surface area contributed by atoms with Crippen molar-refractivity contribution in [3.8, 4) is 5.75 Å². The fraction of sp³-hybridized carbons (Fsp3) is 0.385. The van der Waals surface area contributed by atoms with Gasteiger partial charge in [0.2, 0.25) is 4.93 Å². The summed E-state index contributed by atoms with van der Waals surface area (Å²) in [6.45, 7) is 1.63. The van der Waals surface area contributed by atoms with E-state index in [4.69, 9.17) is 25.8 Å².